The molecule has 1 amide bonds. The summed E-state index contributed by atoms with van der Waals surface area (Å²) in [5.41, 5.74) is 0.882. The van der Waals surface area contributed by atoms with Crippen LogP contribution in [-0.2, 0) is 4.74 Å². The third kappa shape index (κ3) is 4.77. The van der Waals surface area contributed by atoms with Crippen molar-refractivity contribution >= 4 is 11.8 Å². The van der Waals surface area contributed by atoms with E-state index in [-0.39, 0.29) is 5.92 Å². The molecule has 5 nitrogen and oxygen atoms in total. The van der Waals surface area contributed by atoms with Crippen molar-refractivity contribution in [2.45, 2.75) is 46.1 Å². The molecule has 0 aromatic carbocycles. The lowest BCUT2D eigenvalue weighted by Gasteiger charge is -2.20. The van der Waals surface area contributed by atoms with Crippen LogP contribution in [0.5, 0.6) is 5.75 Å². The third-order valence-electron chi connectivity index (χ3n) is 2.29. The van der Waals surface area contributed by atoms with Crippen LogP contribution in [0.3, 0.4) is 0 Å². The average Bonchev–Trinajstić information content (AvgIpc) is 2.25. The van der Waals surface area contributed by atoms with Crippen LogP contribution in [0.25, 0.3) is 0 Å². The monoisotopic (exact) mass is 266 g/mol. The van der Waals surface area contributed by atoms with Gasteiger partial charge in [-0.05, 0) is 26.7 Å². The third-order valence-corrected chi connectivity index (χ3v) is 2.29. The molecule has 1 aromatic heterocycles. The van der Waals surface area contributed by atoms with Gasteiger partial charge in [-0.2, -0.15) is 0 Å². The quantitative estimate of drug-likeness (QED) is 0.908. The molecule has 5 heteroatoms. The molecular weight excluding hydrogens is 244 g/mol. The molecule has 1 aromatic rings. The first-order valence-electron chi connectivity index (χ1n) is 6.27. The largest absolute Gasteiger partial charge is 0.495 e. The van der Waals surface area contributed by atoms with Gasteiger partial charge in [0.15, 0.2) is 0 Å². The van der Waals surface area contributed by atoms with Crippen LogP contribution in [0.1, 0.15) is 46.2 Å². The van der Waals surface area contributed by atoms with Crippen molar-refractivity contribution in [3.8, 4) is 5.75 Å². The molecule has 0 saturated heterocycles. The summed E-state index contributed by atoms with van der Waals surface area (Å²) >= 11 is 0. The maximum Gasteiger partial charge on any atom is 0.412 e. The number of hydrogen-bond donors (Lipinski definition) is 1. The van der Waals surface area contributed by atoms with E-state index in [9.17, 15) is 4.79 Å². The van der Waals surface area contributed by atoms with Crippen LogP contribution < -0.4 is 10.1 Å². The number of carbonyl (C=O) groups excluding carboxylic acids is 1. The lowest BCUT2D eigenvalue weighted by molar-refractivity contribution is 0.0636. The van der Waals surface area contributed by atoms with E-state index in [0.29, 0.717) is 11.4 Å². The maximum absolute atomic E-state index is 11.6. The predicted octanol–water partition coefficient (Wildman–Crippen LogP) is 3.56. The Morgan fingerprint density at radius 1 is 1.37 bits per heavy atom. The van der Waals surface area contributed by atoms with Crippen LogP contribution in [0.15, 0.2) is 12.3 Å². The minimum atomic E-state index is -0.528. The molecule has 0 aliphatic carbocycles. The number of nitrogens with one attached hydrogen (secondary N) is 1. The van der Waals surface area contributed by atoms with Gasteiger partial charge in [0.1, 0.15) is 11.4 Å². The molecule has 0 aliphatic heterocycles. The van der Waals surface area contributed by atoms with E-state index >= 15 is 0 Å². The second-order valence-electron chi connectivity index (χ2n) is 5.59. The first-order valence-corrected chi connectivity index (χ1v) is 6.27. The van der Waals surface area contributed by atoms with Gasteiger partial charge in [-0.1, -0.05) is 13.8 Å². The highest BCUT2D eigenvalue weighted by molar-refractivity contribution is 5.84. The molecule has 106 valence electrons. The maximum atomic E-state index is 11.6. The molecule has 0 atom stereocenters. The van der Waals surface area contributed by atoms with Crippen molar-refractivity contribution in [2.24, 2.45) is 0 Å². The molecule has 0 bridgehead atoms. The normalized spacial score (nSPS) is 11.3. The van der Waals surface area contributed by atoms with Gasteiger partial charge in [-0.15, -0.1) is 0 Å². The molecule has 0 unspecified atom stereocenters. The number of anilines is 1. The summed E-state index contributed by atoms with van der Waals surface area (Å²) in [7, 11) is 1.58. The molecule has 1 N–H and O–H groups in total. The number of carbonyl (C=O) groups is 1. The lowest BCUT2D eigenvalue weighted by Crippen LogP contribution is -2.27. The standard InChI is InChI=1S/C14H22N2O3/c1-9(2)12-11(18-6)7-10(8-15-12)16-13(17)19-14(3,4)5/h7-9H,1-6H3,(H,16,17). The van der Waals surface area contributed by atoms with Gasteiger partial charge < -0.3 is 9.47 Å². The van der Waals surface area contributed by atoms with E-state index in [1.165, 1.54) is 0 Å². The fraction of sp³-hybridized carbons (Fsp3) is 0.571. The van der Waals surface area contributed by atoms with Crippen molar-refractivity contribution in [2.75, 3.05) is 12.4 Å². The molecule has 19 heavy (non-hydrogen) atoms. The number of nitrogens with zero attached hydrogens (tertiary/aromatic N) is 1. The summed E-state index contributed by atoms with van der Waals surface area (Å²) in [5.74, 6) is 0.911. The second kappa shape index (κ2) is 5.91. The highest BCUT2D eigenvalue weighted by Gasteiger charge is 2.17. The first kappa shape index (κ1) is 15.3. The predicted molar refractivity (Wildman–Crippen MR) is 74.7 cm³/mol. The molecule has 1 rings (SSSR count). The van der Waals surface area contributed by atoms with Gasteiger partial charge in [0.25, 0.3) is 0 Å². The Kier molecular flexibility index (Phi) is 4.75. The topological polar surface area (TPSA) is 60.5 Å². The molecular formula is C14H22N2O3. The number of pyridine rings is 1. The van der Waals surface area contributed by atoms with Crippen molar-refractivity contribution in [1.82, 2.24) is 4.98 Å². The smallest absolute Gasteiger partial charge is 0.412 e. The van der Waals surface area contributed by atoms with Gasteiger partial charge >= 0.3 is 6.09 Å². The van der Waals surface area contributed by atoms with Crippen molar-refractivity contribution in [3.63, 3.8) is 0 Å². The molecule has 0 radical (unpaired) electrons. The van der Waals surface area contributed by atoms with Gasteiger partial charge in [0.2, 0.25) is 0 Å². The number of ether oxygens (including phenoxy) is 2. The Labute approximate surface area is 114 Å². The number of methoxy groups -OCH3 is 1. The van der Waals surface area contributed by atoms with E-state index in [0.717, 1.165) is 5.69 Å². The SMILES string of the molecule is COc1cc(NC(=O)OC(C)(C)C)cnc1C(C)C. The molecule has 0 saturated carbocycles. The first-order chi connectivity index (χ1) is 8.73. The van der Waals surface area contributed by atoms with E-state index in [1.807, 2.05) is 34.6 Å². The van der Waals surface area contributed by atoms with Gasteiger partial charge in [0, 0.05) is 6.07 Å². The van der Waals surface area contributed by atoms with E-state index in [1.54, 1.807) is 19.4 Å². The minimum absolute atomic E-state index is 0.255. The lowest BCUT2D eigenvalue weighted by atomic mass is 10.1. The van der Waals surface area contributed by atoms with Crippen molar-refractivity contribution in [3.05, 3.63) is 18.0 Å². The Morgan fingerprint density at radius 2 is 2.00 bits per heavy atom. The summed E-state index contributed by atoms with van der Waals surface area (Å²) in [5, 5.41) is 2.64. The zero-order valence-electron chi connectivity index (χ0n) is 12.4. The van der Waals surface area contributed by atoms with E-state index < -0.39 is 11.7 Å². The second-order valence-corrected chi connectivity index (χ2v) is 5.59. The van der Waals surface area contributed by atoms with E-state index in [4.69, 9.17) is 9.47 Å². The Morgan fingerprint density at radius 3 is 2.47 bits per heavy atom. The van der Waals surface area contributed by atoms with Crippen LogP contribution in [0, 0.1) is 0 Å². The van der Waals surface area contributed by atoms with Gasteiger partial charge in [-0.3, -0.25) is 10.3 Å². The number of aromatic nitrogens is 1. The van der Waals surface area contributed by atoms with Crippen molar-refractivity contribution < 1.29 is 14.3 Å². The molecule has 0 fully saturated rings. The van der Waals surface area contributed by atoms with Crippen LogP contribution >= 0.6 is 0 Å². The summed E-state index contributed by atoms with van der Waals surface area (Å²) in [6.45, 7) is 9.51. The van der Waals surface area contributed by atoms with Crippen LogP contribution in [-0.4, -0.2) is 23.8 Å². The Balaban J connectivity index is 2.83. The summed E-state index contributed by atoms with van der Waals surface area (Å²) < 4.78 is 10.4. The highest BCUT2D eigenvalue weighted by Crippen LogP contribution is 2.26. The van der Waals surface area contributed by atoms with Gasteiger partial charge in [0.05, 0.1) is 24.7 Å². The molecule has 0 spiro atoms. The fourth-order valence-corrected chi connectivity index (χ4v) is 1.54. The number of rotatable bonds is 3. The summed E-state index contributed by atoms with van der Waals surface area (Å²) in [4.78, 5) is 15.9. The number of amides is 1. The molecule has 1 heterocycles. The van der Waals surface area contributed by atoms with Crippen LogP contribution in [0.2, 0.25) is 0 Å². The number of hydrogen-bond acceptors (Lipinski definition) is 4. The zero-order valence-corrected chi connectivity index (χ0v) is 12.4. The Hall–Kier alpha value is -1.78. The van der Waals surface area contributed by atoms with E-state index in [2.05, 4.69) is 10.3 Å². The van der Waals surface area contributed by atoms with Crippen LogP contribution in [0.4, 0.5) is 10.5 Å². The average molecular weight is 266 g/mol. The Bertz CT molecular complexity index is 450. The van der Waals surface area contributed by atoms with Gasteiger partial charge in [-0.25, -0.2) is 4.79 Å². The highest BCUT2D eigenvalue weighted by atomic mass is 16.6. The fourth-order valence-electron chi connectivity index (χ4n) is 1.54. The van der Waals surface area contributed by atoms with Crippen molar-refractivity contribution in [1.29, 1.82) is 0 Å². The summed E-state index contributed by atoms with van der Waals surface area (Å²) in [6, 6.07) is 1.74. The molecule has 0 aliphatic rings. The zero-order chi connectivity index (χ0) is 14.6. The summed E-state index contributed by atoms with van der Waals surface area (Å²) in [6.07, 6.45) is 1.09. The minimum Gasteiger partial charge on any atom is -0.495 e.